The molecule has 6 nitrogen and oxygen atoms in total. The Kier molecular flexibility index (Phi) is 6.44. The molecule has 3 aliphatic rings. The lowest BCUT2D eigenvalue weighted by Gasteiger charge is -2.22. The van der Waals surface area contributed by atoms with Gasteiger partial charge in [0.25, 0.3) is 0 Å². The van der Waals surface area contributed by atoms with Gasteiger partial charge in [0.2, 0.25) is 0 Å². The Labute approximate surface area is 189 Å². The third-order valence-corrected chi connectivity index (χ3v) is 6.17. The number of hydrogen-bond acceptors (Lipinski definition) is 3. The van der Waals surface area contributed by atoms with Crippen LogP contribution in [-0.4, -0.2) is 40.5 Å². The Hall–Kier alpha value is -1.61. The molecule has 2 saturated heterocycles. The number of aromatic nitrogens is 2. The first-order chi connectivity index (χ1) is 13.8. The largest absolute Gasteiger partial charge is 0.373 e. The van der Waals surface area contributed by atoms with Crippen LogP contribution in [0.4, 0.5) is 0 Å². The molecule has 1 aromatic heterocycles. The van der Waals surface area contributed by atoms with E-state index in [4.69, 9.17) is 14.8 Å². The lowest BCUT2D eigenvalue weighted by atomic mass is 9.96. The second-order valence-corrected chi connectivity index (χ2v) is 8.03. The molecule has 0 amide bonds. The van der Waals surface area contributed by atoms with Gasteiger partial charge in [0.15, 0.2) is 5.96 Å². The van der Waals surface area contributed by atoms with E-state index in [-0.39, 0.29) is 24.0 Å². The number of rotatable bonds is 5. The number of fused-ring (bicyclic) bond motifs is 3. The summed E-state index contributed by atoms with van der Waals surface area (Å²) in [5, 5.41) is 11.9. The van der Waals surface area contributed by atoms with Crippen molar-refractivity contribution in [2.75, 3.05) is 6.54 Å². The third-order valence-electron chi connectivity index (χ3n) is 6.17. The van der Waals surface area contributed by atoms with Crippen molar-refractivity contribution in [2.45, 2.75) is 70.2 Å². The van der Waals surface area contributed by atoms with E-state index >= 15 is 0 Å². The van der Waals surface area contributed by atoms with Crippen molar-refractivity contribution in [3.05, 3.63) is 47.3 Å². The molecule has 3 unspecified atom stereocenters. The molecule has 156 valence electrons. The highest BCUT2D eigenvalue weighted by molar-refractivity contribution is 14.0. The number of guanidine groups is 1. The van der Waals surface area contributed by atoms with E-state index in [0.717, 1.165) is 49.6 Å². The first-order valence-electron chi connectivity index (χ1n) is 10.7. The predicted molar refractivity (Wildman–Crippen MR) is 125 cm³/mol. The summed E-state index contributed by atoms with van der Waals surface area (Å²) in [6.07, 6.45) is 7.66. The lowest BCUT2D eigenvalue weighted by molar-refractivity contribution is 0.0992. The zero-order valence-electron chi connectivity index (χ0n) is 16.9. The number of aliphatic imine (C=N–C) groups is 1. The molecule has 0 spiro atoms. The zero-order chi connectivity index (χ0) is 18.9. The highest BCUT2D eigenvalue weighted by Crippen LogP contribution is 2.34. The monoisotopic (exact) mass is 507 g/mol. The summed E-state index contributed by atoms with van der Waals surface area (Å²) in [4.78, 5) is 4.88. The number of nitrogens with zero attached hydrogens (tertiary/aromatic N) is 3. The maximum Gasteiger partial charge on any atom is 0.191 e. The topological polar surface area (TPSA) is 63.5 Å². The molecule has 5 rings (SSSR count). The molecule has 2 aliphatic heterocycles. The predicted octanol–water partition coefficient (Wildman–Crippen LogP) is 3.35. The number of hydrogen-bond donors (Lipinski definition) is 2. The van der Waals surface area contributed by atoms with Gasteiger partial charge >= 0.3 is 0 Å². The summed E-state index contributed by atoms with van der Waals surface area (Å²) in [7, 11) is 0. The number of halogens is 1. The summed E-state index contributed by atoms with van der Waals surface area (Å²) >= 11 is 0. The van der Waals surface area contributed by atoms with E-state index in [1.54, 1.807) is 0 Å². The van der Waals surface area contributed by atoms with Gasteiger partial charge in [0, 0.05) is 12.2 Å². The van der Waals surface area contributed by atoms with Crippen molar-refractivity contribution in [1.29, 1.82) is 0 Å². The maximum atomic E-state index is 5.98. The van der Waals surface area contributed by atoms with Gasteiger partial charge in [-0.25, -0.2) is 9.67 Å². The molecular formula is C22H30IN5O. The number of ether oxygens (including phenoxy) is 1. The van der Waals surface area contributed by atoms with E-state index in [9.17, 15) is 0 Å². The van der Waals surface area contributed by atoms with Gasteiger partial charge in [0.05, 0.1) is 36.2 Å². The van der Waals surface area contributed by atoms with Gasteiger partial charge < -0.3 is 15.4 Å². The molecule has 29 heavy (non-hydrogen) atoms. The summed E-state index contributed by atoms with van der Waals surface area (Å²) in [6.45, 7) is 3.57. The van der Waals surface area contributed by atoms with Crippen LogP contribution >= 0.6 is 24.0 Å². The quantitative estimate of drug-likeness (QED) is 0.370. The van der Waals surface area contributed by atoms with Crippen molar-refractivity contribution in [3.8, 4) is 5.69 Å². The average Bonchev–Trinajstić information content (AvgIpc) is 3.49. The Morgan fingerprint density at radius 2 is 2.10 bits per heavy atom. The molecule has 1 aromatic carbocycles. The Balaban J connectivity index is 0.00000205. The van der Waals surface area contributed by atoms with E-state index in [1.807, 2.05) is 6.07 Å². The summed E-state index contributed by atoms with van der Waals surface area (Å²) in [5.74, 6) is 0.879. The second-order valence-electron chi connectivity index (χ2n) is 8.03. The number of benzene rings is 1. The van der Waals surface area contributed by atoms with E-state index in [1.165, 1.54) is 24.1 Å². The first-order valence-corrected chi connectivity index (χ1v) is 10.7. The van der Waals surface area contributed by atoms with Crippen LogP contribution in [-0.2, 0) is 24.1 Å². The van der Waals surface area contributed by atoms with Crippen molar-refractivity contribution in [3.63, 3.8) is 0 Å². The van der Waals surface area contributed by atoms with Crippen molar-refractivity contribution in [1.82, 2.24) is 20.4 Å². The summed E-state index contributed by atoms with van der Waals surface area (Å²) < 4.78 is 8.10. The smallest absolute Gasteiger partial charge is 0.191 e. The van der Waals surface area contributed by atoms with Gasteiger partial charge in [-0.05, 0) is 63.1 Å². The van der Waals surface area contributed by atoms with Crippen LogP contribution in [0.15, 0.2) is 35.3 Å². The molecule has 3 atom stereocenters. The summed E-state index contributed by atoms with van der Waals surface area (Å²) in [6, 6.07) is 10.8. The van der Waals surface area contributed by atoms with Crippen LogP contribution in [0.5, 0.6) is 0 Å². The summed E-state index contributed by atoms with van der Waals surface area (Å²) in [5.41, 5.74) is 5.00. The molecule has 7 heteroatoms. The van der Waals surface area contributed by atoms with Crippen molar-refractivity contribution in [2.24, 2.45) is 4.99 Å². The molecule has 2 aromatic rings. The van der Waals surface area contributed by atoms with Crippen LogP contribution in [0.1, 0.15) is 49.6 Å². The van der Waals surface area contributed by atoms with E-state index in [0.29, 0.717) is 24.8 Å². The van der Waals surface area contributed by atoms with Gasteiger partial charge in [0.1, 0.15) is 0 Å². The Morgan fingerprint density at radius 3 is 2.83 bits per heavy atom. The van der Waals surface area contributed by atoms with Crippen molar-refractivity contribution < 1.29 is 4.74 Å². The molecule has 1 aliphatic carbocycles. The molecule has 3 heterocycles. The Morgan fingerprint density at radius 1 is 1.24 bits per heavy atom. The van der Waals surface area contributed by atoms with Gasteiger partial charge in [-0.2, -0.15) is 5.10 Å². The fourth-order valence-electron chi connectivity index (χ4n) is 4.86. The number of para-hydroxylation sites is 1. The van der Waals surface area contributed by atoms with Crippen LogP contribution in [0.3, 0.4) is 0 Å². The maximum absolute atomic E-state index is 5.98. The standard InChI is InChI=1S/C22H29N5O.HI/c1-2-23-22(25-18-13-16-11-12-21(18)28-16)24-14-19-17-9-6-10-20(17)27(26-19)15-7-4-3-5-8-15;/h3-5,7-8,16,18,21H,2,6,9-14H2,1H3,(H2,23,24,25);1H. The van der Waals surface area contributed by atoms with E-state index in [2.05, 4.69) is 46.5 Å². The highest BCUT2D eigenvalue weighted by atomic mass is 127. The lowest BCUT2D eigenvalue weighted by Crippen LogP contribution is -2.47. The van der Waals surface area contributed by atoms with Gasteiger partial charge in [-0.1, -0.05) is 18.2 Å². The Bertz CT molecular complexity index is 866. The highest BCUT2D eigenvalue weighted by Gasteiger charge is 2.41. The minimum atomic E-state index is 0. The van der Waals surface area contributed by atoms with Gasteiger partial charge in [-0.3, -0.25) is 0 Å². The molecule has 2 bridgehead atoms. The van der Waals surface area contributed by atoms with Crippen LogP contribution in [0, 0.1) is 0 Å². The van der Waals surface area contributed by atoms with Crippen LogP contribution in [0.2, 0.25) is 0 Å². The van der Waals surface area contributed by atoms with E-state index < -0.39 is 0 Å². The fraction of sp³-hybridized carbons (Fsp3) is 0.545. The molecule has 0 radical (unpaired) electrons. The van der Waals surface area contributed by atoms with Crippen LogP contribution in [0.25, 0.3) is 5.69 Å². The first kappa shape index (κ1) is 20.7. The van der Waals surface area contributed by atoms with Crippen molar-refractivity contribution >= 4 is 29.9 Å². The SMILES string of the molecule is CCNC(=NCc1nn(-c2ccccc2)c2c1CCC2)NC1CC2CCC1O2.I. The minimum Gasteiger partial charge on any atom is -0.373 e. The van der Waals surface area contributed by atoms with Gasteiger partial charge in [-0.15, -0.1) is 24.0 Å². The zero-order valence-corrected chi connectivity index (χ0v) is 19.3. The number of nitrogens with one attached hydrogen (secondary N) is 2. The molecule has 0 saturated carbocycles. The second kappa shape index (κ2) is 9.04. The third kappa shape index (κ3) is 4.17. The fourth-order valence-corrected chi connectivity index (χ4v) is 4.86. The minimum absolute atomic E-state index is 0. The molecule has 2 fully saturated rings. The molecule has 2 N–H and O–H groups in total. The van der Waals surface area contributed by atoms with Crippen LogP contribution < -0.4 is 10.6 Å². The molecular weight excluding hydrogens is 477 g/mol. The normalized spacial score (nSPS) is 25.0. The average molecular weight is 507 g/mol.